The summed E-state index contributed by atoms with van der Waals surface area (Å²) in [5.74, 6) is 0.269. The molecule has 0 spiro atoms. The van der Waals surface area contributed by atoms with Crippen LogP contribution in [0.5, 0.6) is 0 Å². The highest BCUT2D eigenvalue weighted by Gasteiger charge is 2.35. The minimum atomic E-state index is -0.632. The third kappa shape index (κ3) is 3.22. The van der Waals surface area contributed by atoms with E-state index in [1.807, 2.05) is 30.3 Å². The van der Waals surface area contributed by atoms with Crippen molar-refractivity contribution in [2.75, 3.05) is 0 Å². The van der Waals surface area contributed by atoms with Crippen LogP contribution in [0.3, 0.4) is 0 Å². The van der Waals surface area contributed by atoms with E-state index in [1.54, 1.807) is 13.0 Å². The van der Waals surface area contributed by atoms with Gasteiger partial charge in [-0.05, 0) is 42.2 Å². The quantitative estimate of drug-likeness (QED) is 0.496. The van der Waals surface area contributed by atoms with E-state index in [-0.39, 0.29) is 22.9 Å². The summed E-state index contributed by atoms with van der Waals surface area (Å²) < 4.78 is 0. The van der Waals surface area contributed by atoms with E-state index < -0.39 is 9.85 Å². The first-order chi connectivity index (χ1) is 14.3. The molecule has 150 valence electrons. The second-order valence-corrected chi connectivity index (χ2v) is 7.46. The van der Waals surface area contributed by atoms with Crippen molar-refractivity contribution in [1.29, 1.82) is 0 Å². The maximum Gasteiger partial charge on any atom is 0.286 e. The number of hydrogen-bond donors (Lipinski definition) is 0. The fourth-order valence-electron chi connectivity index (χ4n) is 3.71. The normalized spacial score (nSPS) is 16.0. The molecule has 0 saturated carbocycles. The molecule has 2 aromatic rings. The van der Waals surface area contributed by atoms with Gasteiger partial charge in [-0.25, -0.2) is 4.99 Å². The van der Waals surface area contributed by atoms with Crippen molar-refractivity contribution < 1.29 is 9.85 Å². The van der Waals surface area contributed by atoms with Crippen molar-refractivity contribution in [3.05, 3.63) is 90.7 Å². The minimum absolute atomic E-state index is 0.269. The van der Waals surface area contributed by atoms with Gasteiger partial charge in [-0.2, -0.15) is 0 Å². The van der Waals surface area contributed by atoms with E-state index in [0.29, 0.717) is 28.3 Å². The molecule has 30 heavy (non-hydrogen) atoms. The maximum atomic E-state index is 11.6. The molecule has 0 aromatic heterocycles. The van der Waals surface area contributed by atoms with E-state index in [1.165, 1.54) is 6.07 Å². The van der Waals surface area contributed by atoms with Gasteiger partial charge in [0.25, 0.3) is 11.4 Å². The van der Waals surface area contributed by atoms with Crippen LogP contribution in [0, 0.1) is 20.2 Å². The number of benzene rings is 2. The highest BCUT2D eigenvalue weighted by atomic mass is 16.6. The Morgan fingerprint density at radius 3 is 2.43 bits per heavy atom. The maximum absolute atomic E-state index is 11.6. The van der Waals surface area contributed by atoms with Crippen LogP contribution in [0.4, 0.5) is 17.1 Å². The van der Waals surface area contributed by atoms with Crippen molar-refractivity contribution in [1.82, 2.24) is 0 Å². The summed E-state index contributed by atoms with van der Waals surface area (Å²) in [6.07, 6.45) is 3.51. The Labute approximate surface area is 172 Å². The second-order valence-electron chi connectivity index (χ2n) is 7.46. The Morgan fingerprint density at radius 2 is 1.77 bits per heavy atom. The zero-order chi connectivity index (χ0) is 21.6. The molecule has 1 heterocycles. The second kappa shape index (κ2) is 7.14. The lowest BCUT2D eigenvalue weighted by atomic mass is 9.98. The van der Waals surface area contributed by atoms with Crippen LogP contribution in [-0.4, -0.2) is 21.3 Å². The number of nitro groups is 2. The third-order valence-corrected chi connectivity index (χ3v) is 5.04. The number of hydrogen-bond acceptors (Lipinski definition) is 6. The molecular formula is C22H18N4O4. The SMILES string of the molecule is CC1=CC(=Nc2ccccc2C(C)C)C2=Cc3cc([N+](=O)[O-])cc([N+](=O)[O-])c3C2=N1. The van der Waals surface area contributed by atoms with Crippen molar-refractivity contribution in [3.63, 3.8) is 0 Å². The number of nitrogens with zero attached hydrogens (tertiary/aromatic N) is 4. The molecule has 8 nitrogen and oxygen atoms in total. The molecule has 4 rings (SSSR count). The zero-order valence-corrected chi connectivity index (χ0v) is 16.6. The minimum Gasteiger partial charge on any atom is -0.258 e. The van der Waals surface area contributed by atoms with Gasteiger partial charge in [0.15, 0.2) is 0 Å². The van der Waals surface area contributed by atoms with E-state index in [2.05, 4.69) is 18.8 Å². The Kier molecular flexibility index (Phi) is 4.62. The number of fused-ring (bicyclic) bond motifs is 3. The van der Waals surface area contributed by atoms with Crippen LogP contribution in [0.15, 0.2) is 63.7 Å². The molecule has 2 aliphatic rings. The molecule has 0 radical (unpaired) electrons. The van der Waals surface area contributed by atoms with Gasteiger partial charge in [0.05, 0.1) is 38.6 Å². The van der Waals surface area contributed by atoms with Gasteiger partial charge in [0.2, 0.25) is 0 Å². The first kappa shape index (κ1) is 19.4. The number of rotatable bonds is 4. The van der Waals surface area contributed by atoms with E-state index in [0.717, 1.165) is 17.3 Å². The number of allylic oxidation sites excluding steroid dienone is 3. The number of aliphatic imine (C=N–C) groups is 2. The van der Waals surface area contributed by atoms with Crippen molar-refractivity contribution >= 4 is 34.6 Å². The van der Waals surface area contributed by atoms with Crippen LogP contribution in [0.1, 0.15) is 43.4 Å². The van der Waals surface area contributed by atoms with Crippen LogP contribution < -0.4 is 0 Å². The molecule has 8 heteroatoms. The topological polar surface area (TPSA) is 111 Å². The lowest BCUT2D eigenvalue weighted by Crippen LogP contribution is -2.15. The van der Waals surface area contributed by atoms with E-state index in [9.17, 15) is 20.2 Å². The Balaban J connectivity index is 1.92. The fraction of sp³-hybridized carbons (Fsp3) is 0.182. The average Bonchev–Trinajstić information content (AvgIpc) is 3.06. The van der Waals surface area contributed by atoms with Crippen molar-refractivity contribution in [3.8, 4) is 0 Å². The van der Waals surface area contributed by atoms with Crippen molar-refractivity contribution in [2.45, 2.75) is 26.7 Å². The molecular weight excluding hydrogens is 384 g/mol. The summed E-state index contributed by atoms with van der Waals surface area (Å²) in [7, 11) is 0. The van der Waals surface area contributed by atoms with Crippen LogP contribution >= 0.6 is 0 Å². The highest BCUT2D eigenvalue weighted by molar-refractivity contribution is 6.41. The standard InChI is InChI=1S/C22H18N4O4/c1-12(2)16-6-4-5-7-18(16)24-19-8-13(3)23-22-17(19)10-14-9-15(25(27)28)11-20(21(14)22)26(29)30/h4-12H,1-3H3. The monoisotopic (exact) mass is 402 g/mol. The molecule has 0 amide bonds. The van der Waals surface area contributed by atoms with Gasteiger partial charge < -0.3 is 0 Å². The summed E-state index contributed by atoms with van der Waals surface area (Å²) in [5, 5.41) is 22.9. The predicted octanol–water partition coefficient (Wildman–Crippen LogP) is 5.50. The van der Waals surface area contributed by atoms with Gasteiger partial charge in [0.1, 0.15) is 0 Å². The number of para-hydroxylation sites is 1. The molecule has 0 bridgehead atoms. The summed E-state index contributed by atoms with van der Waals surface area (Å²) in [6.45, 7) is 5.96. The molecule has 0 fully saturated rings. The lowest BCUT2D eigenvalue weighted by molar-refractivity contribution is -0.394. The number of nitro benzene ring substituents is 2. The molecule has 1 aliphatic carbocycles. The summed E-state index contributed by atoms with van der Waals surface area (Å²) in [4.78, 5) is 31.0. The molecule has 0 atom stereocenters. The van der Waals surface area contributed by atoms with Gasteiger partial charge in [-0.1, -0.05) is 32.0 Å². The average molecular weight is 402 g/mol. The first-order valence-electron chi connectivity index (χ1n) is 9.40. The highest BCUT2D eigenvalue weighted by Crippen LogP contribution is 2.39. The van der Waals surface area contributed by atoms with Crippen LogP contribution in [-0.2, 0) is 0 Å². The predicted molar refractivity (Wildman–Crippen MR) is 116 cm³/mol. The van der Waals surface area contributed by atoms with Gasteiger partial charge in [-0.3, -0.25) is 25.2 Å². The molecule has 0 saturated heterocycles. The van der Waals surface area contributed by atoms with Gasteiger partial charge in [0, 0.05) is 17.3 Å². The molecule has 1 aliphatic heterocycles. The molecule has 0 unspecified atom stereocenters. The summed E-state index contributed by atoms with van der Waals surface area (Å²) in [6, 6.07) is 10.1. The van der Waals surface area contributed by atoms with Gasteiger partial charge in [-0.15, -0.1) is 0 Å². The fourth-order valence-corrected chi connectivity index (χ4v) is 3.71. The van der Waals surface area contributed by atoms with E-state index in [4.69, 9.17) is 4.99 Å². The lowest BCUT2D eigenvalue weighted by Gasteiger charge is -2.15. The van der Waals surface area contributed by atoms with Crippen molar-refractivity contribution in [2.24, 2.45) is 9.98 Å². The Morgan fingerprint density at radius 1 is 1.03 bits per heavy atom. The van der Waals surface area contributed by atoms with Gasteiger partial charge >= 0.3 is 0 Å². The number of non-ortho nitro benzene ring substituents is 1. The third-order valence-electron chi connectivity index (χ3n) is 5.04. The van der Waals surface area contributed by atoms with E-state index >= 15 is 0 Å². The Bertz CT molecular complexity index is 1240. The summed E-state index contributed by atoms with van der Waals surface area (Å²) >= 11 is 0. The largest absolute Gasteiger partial charge is 0.286 e. The molecule has 2 aromatic carbocycles. The zero-order valence-electron chi connectivity index (χ0n) is 16.6. The first-order valence-corrected chi connectivity index (χ1v) is 9.40. The Hall–Kier alpha value is -3.94. The van der Waals surface area contributed by atoms with Crippen LogP contribution in [0.2, 0.25) is 0 Å². The van der Waals surface area contributed by atoms with Crippen LogP contribution in [0.25, 0.3) is 6.08 Å². The smallest absolute Gasteiger partial charge is 0.258 e. The summed E-state index contributed by atoms with van der Waals surface area (Å²) in [5.41, 5.74) is 4.25. The molecule has 0 N–H and O–H groups in total.